The van der Waals surface area contributed by atoms with Gasteiger partial charge in [0.1, 0.15) is 0 Å². The van der Waals surface area contributed by atoms with Crippen molar-refractivity contribution < 1.29 is 0 Å². The van der Waals surface area contributed by atoms with E-state index in [1.807, 2.05) is 54.6 Å². The second-order valence-corrected chi connectivity index (χ2v) is 10.8. The van der Waals surface area contributed by atoms with E-state index in [1.165, 1.54) is 4.21 Å². The molecule has 0 atom stereocenters. The molecule has 0 saturated heterocycles. The van der Waals surface area contributed by atoms with Crippen LogP contribution in [0.5, 0.6) is 0 Å². The standard InChI is InChI=1S/C22H20Cl2N4S2/c1-12(2)29-21-20(15-5-7-25-8-6-15)26-22(30-21)28-14(4)19(13(3)27-28)16-9-17(23)11-18(24)10-16/h5-12H,1-4H3. The molecule has 0 unspecified atom stereocenters. The van der Waals surface area contributed by atoms with Gasteiger partial charge in [-0.3, -0.25) is 4.98 Å². The van der Waals surface area contributed by atoms with Crippen LogP contribution in [0.4, 0.5) is 0 Å². The molecule has 0 N–H and O–H groups in total. The van der Waals surface area contributed by atoms with E-state index in [0.717, 1.165) is 38.9 Å². The minimum absolute atomic E-state index is 0.448. The maximum absolute atomic E-state index is 6.24. The summed E-state index contributed by atoms with van der Waals surface area (Å²) in [5, 5.41) is 7.30. The van der Waals surface area contributed by atoms with Crippen LogP contribution in [-0.2, 0) is 0 Å². The predicted molar refractivity (Wildman–Crippen MR) is 128 cm³/mol. The molecule has 0 fully saturated rings. The normalized spacial score (nSPS) is 11.4. The third kappa shape index (κ3) is 4.28. The lowest BCUT2D eigenvalue weighted by atomic mass is 10.0. The molecular weight excluding hydrogens is 455 g/mol. The summed E-state index contributed by atoms with van der Waals surface area (Å²) in [6.45, 7) is 8.41. The minimum atomic E-state index is 0.448. The summed E-state index contributed by atoms with van der Waals surface area (Å²) >= 11 is 15.9. The SMILES string of the molecule is Cc1nn(-c2nc(-c3ccncc3)c(SC(C)C)s2)c(C)c1-c1cc(Cl)cc(Cl)c1. The van der Waals surface area contributed by atoms with Gasteiger partial charge in [0, 0.05) is 38.8 Å². The van der Waals surface area contributed by atoms with Crippen molar-refractivity contribution in [1.82, 2.24) is 19.7 Å². The summed E-state index contributed by atoms with van der Waals surface area (Å²) in [7, 11) is 0. The number of hydrogen-bond acceptors (Lipinski definition) is 5. The summed E-state index contributed by atoms with van der Waals surface area (Å²) in [5.74, 6) is 0. The average Bonchev–Trinajstić information content (AvgIpc) is 3.21. The van der Waals surface area contributed by atoms with Crippen LogP contribution in [0.2, 0.25) is 10.0 Å². The third-order valence-corrected chi connectivity index (χ3v) is 7.18. The summed E-state index contributed by atoms with van der Waals surface area (Å²) in [4.78, 5) is 9.10. The van der Waals surface area contributed by atoms with E-state index < -0.39 is 0 Å². The highest BCUT2D eigenvalue weighted by molar-refractivity contribution is 8.01. The van der Waals surface area contributed by atoms with Gasteiger partial charge in [-0.1, -0.05) is 48.4 Å². The molecule has 0 aliphatic rings. The van der Waals surface area contributed by atoms with Gasteiger partial charge in [-0.25, -0.2) is 9.67 Å². The molecule has 0 spiro atoms. The highest BCUT2D eigenvalue weighted by Crippen LogP contribution is 2.40. The molecule has 3 heterocycles. The molecular formula is C22H20Cl2N4S2. The van der Waals surface area contributed by atoms with E-state index in [9.17, 15) is 0 Å². The van der Waals surface area contributed by atoms with Gasteiger partial charge >= 0.3 is 0 Å². The Morgan fingerprint density at radius 2 is 1.67 bits per heavy atom. The number of pyridine rings is 1. The maximum atomic E-state index is 6.24. The van der Waals surface area contributed by atoms with E-state index >= 15 is 0 Å². The van der Waals surface area contributed by atoms with E-state index in [4.69, 9.17) is 33.3 Å². The monoisotopic (exact) mass is 474 g/mol. The Bertz CT molecular complexity index is 1180. The number of aromatic nitrogens is 4. The molecule has 0 aliphatic carbocycles. The second-order valence-electron chi connectivity index (χ2n) is 7.15. The van der Waals surface area contributed by atoms with Crippen LogP contribution in [0, 0.1) is 13.8 Å². The van der Waals surface area contributed by atoms with Crippen LogP contribution in [-0.4, -0.2) is 25.0 Å². The molecule has 4 nitrogen and oxygen atoms in total. The Labute approximate surface area is 194 Å². The molecule has 0 saturated carbocycles. The van der Waals surface area contributed by atoms with Crippen molar-refractivity contribution in [2.75, 3.05) is 0 Å². The lowest BCUT2D eigenvalue weighted by Crippen LogP contribution is -1.98. The van der Waals surface area contributed by atoms with E-state index in [-0.39, 0.29) is 0 Å². The zero-order valence-corrected chi connectivity index (χ0v) is 20.1. The molecule has 4 rings (SSSR count). The van der Waals surface area contributed by atoms with Crippen molar-refractivity contribution in [3.8, 4) is 27.5 Å². The van der Waals surface area contributed by atoms with Crippen molar-refractivity contribution in [2.45, 2.75) is 37.2 Å². The number of halogens is 2. The van der Waals surface area contributed by atoms with Crippen LogP contribution < -0.4 is 0 Å². The van der Waals surface area contributed by atoms with Crippen LogP contribution in [0.3, 0.4) is 0 Å². The van der Waals surface area contributed by atoms with Crippen molar-refractivity contribution in [2.24, 2.45) is 0 Å². The number of rotatable bonds is 5. The largest absolute Gasteiger partial charge is 0.265 e. The quantitative estimate of drug-likeness (QED) is 0.281. The smallest absolute Gasteiger partial charge is 0.212 e. The van der Waals surface area contributed by atoms with Gasteiger partial charge < -0.3 is 0 Å². The molecule has 1 aromatic carbocycles. The topological polar surface area (TPSA) is 43.6 Å². The Morgan fingerprint density at radius 3 is 2.30 bits per heavy atom. The van der Waals surface area contributed by atoms with Crippen molar-refractivity contribution in [3.63, 3.8) is 0 Å². The fourth-order valence-corrected chi connectivity index (χ4v) is 6.37. The maximum Gasteiger partial charge on any atom is 0.212 e. The molecule has 154 valence electrons. The molecule has 30 heavy (non-hydrogen) atoms. The summed E-state index contributed by atoms with van der Waals surface area (Å²) in [6.07, 6.45) is 3.59. The summed E-state index contributed by atoms with van der Waals surface area (Å²) in [5.41, 5.74) is 5.91. The number of nitrogens with zero attached hydrogens (tertiary/aromatic N) is 4. The summed E-state index contributed by atoms with van der Waals surface area (Å²) < 4.78 is 3.09. The van der Waals surface area contributed by atoms with E-state index in [2.05, 4.69) is 18.8 Å². The van der Waals surface area contributed by atoms with Crippen molar-refractivity contribution in [1.29, 1.82) is 0 Å². The van der Waals surface area contributed by atoms with Crippen LogP contribution in [0.25, 0.3) is 27.5 Å². The highest BCUT2D eigenvalue weighted by atomic mass is 35.5. The van der Waals surface area contributed by atoms with Gasteiger partial charge in [0.2, 0.25) is 5.13 Å². The van der Waals surface area contributed by atoms with Crippen LogP contribution >= 0.6 is 46.3 Å². The highest BCUT2D eigenvalue weighted by Gasteiger charge is 2.21. The number of aryl methyl sites for hydroxylation is 1. The minimum Gasteiger partial charge on any atom is -0.265 e. The fourth-order valence-electron chi connectivity index (χ4n) is 3.32. The van der Waals surface area contributed by atoms with Crippen molar-refractivity contribution in [3.05, 3.63) is 64.2 Å². The lowest BCUT2D eigenvalue weighted by molar-refractivity contribution is 0.826. The predicted octanol–water partition coefficient (Wildman–Crippen LogP) is 7.48. The Balaban J connectivity index is 1.84. The first-order valence-electron chi connectivity index (χ1n) is 9.44. The number of thioether (sulfide) groups is 1. The lowest BCUT2D eigenvalue weighted by Gasteiger charge is -2.05. The number of hydrogen-bond donors (Lipinski definition) is 0. The van der Waals surface area contributed by atoms with Crippen molar-refractivity contribution >= 4 is 46.3 Å². The van der Waals surface area contributed by atoms with Crippen LogP contribution in [0.15, 0.2) is 46.9 Å². The Hall–Kier alpha value is -1.86. The van der Waals surface area contributed by atoms with E-state index in [0.29, 0.717) is 15.3 Å². The van der Waals surface area contributed by atoms with Gasteiger partial charge in [0.25, 0.3) is 0 Å². The molecule has 0 radical (unpaired) electrons. The molecule has 4 aromatic rings. The second kappa shape index (κ2) is 8.71. The van der Waals surface area contributed by atoms with Crippen LogP contribution in [0.1, 0.15) is 25.2 Å². The fraction of sp³-hybridized carbons (Fsp3) is 0.227. The van der Waals surface area contributed by atoms with Gasteiger partial charge in [-0.05, 0) is 49.7 Å². The molecule has 0 bridgehead atoms. The summed E-state index contributed by atoms with van der Waals surface area (Å²) in [6, 6.07) is 9.55. The number of thiazole rings is 1. The zero-order valence-electron chi connectivity index (χ0n) is 17.0. The van der Waals surface area contributed by atoms with Gasteiger partial charge in [0.15, 0.2) is 0 Å². The van der Waals surface area contributed by atoms with Gasteiger partial charge in [0.05, 0.1) is 21.3 Å². The van der Waals surface area contributed by atoms with Gasteiger partial charge in [-0.2, -0.15) is 5.10 Å². The first-order chi connectivity index (χ1) is 14.3. The zero-order chi connectivity index (χ0) is 21.4. The average molecular weight is 475 g/mol. The first kappa shape index (κ1) is 21.4. The Kier molecular flexibility index (Phi) is 6.21. The Morgan fingerprint density at radius 1 is 1.00 bits per heavy atom. The number of benzene rings is 1. The van der Waals surface area contributed by atoms with E-state index in [1.54, 1.807) is 29.8 Å². The van der Waals surface area contributed by atoms with Gasteiger partial charge in [-0.15, -0.1) is 11.8 Å². The third-order valence-electron chi connectivity index (χ3n) is 4.51. The first-order valence-corrected chi connectivity index (χ1v) is 11.9. The molecule has 0 amide bonds. The molecule has 3 aromatic heterocycles. The molecule has 8 heteroatoms. The molecule has 0 aliphatic heterocycles.